The predicted molar refractivity (Wildman–Crippen MR) is 78.0 cm³/mol. The molecule has 2 atom stereocenters. The van der Waals surface area contributed by atoms with Gasteiger partial charge < -0.3 is 14.6 Å². The first-order valence-corrected chi connectivity index (χ1v) is 7.09. The zero-order valence-corrected chi connectivity index (χ0v) is 11.9. The van der Waals surface area contributed by atoms with Crippen LogP contribution >= 0.6 is 0 Å². The van der Waals surface area contributed by atoms with Crippen LogP contribution < -0.4 is 0 Å². The van der Waals surface area contributed by atoms with Gasteiger partial charge in [-0.05, 0) is 25.3 Å². The van der Waals surface area contributed by atoms with Crippen molar-refractivity contribution in [2.24, 2.45) is 5.92 Å². The van der Waals surface area contributed by atoms with Crippen LogP contribution in [-0.2, 0) is 15.9 Å². The molecule has 1 aliphatic heterocycles. The molecule has 1 aliphatic rings. The molecule has 1 fully saturated rings. The van der Waals surface area contributed by atoms with Crippen LogP contribution in [0.5, 0.6) is 0 Å². The van der Waals surface area contributed by atoms with Gasteiger partial charge in [0.2, 0.25) is 0 Å². The maximum atomic E-state index is 10.0. The van der Waals surface area contributed by atoms with Gasteiger partial charge in [0.1, 0.15) is 6.10 Å². The molecule has 2 unspecified atom stereocenters. The Hall–Kier alpha value is -1.34. The quantitative estimate of drug-likeness (QED) is 0.810. The second-order valence-corrected chi connectivity index (χ2v) is 5.43. The molecule has 20 heavy (non-hydrogen) atoms. The molecule has 0 aromatic heterocycles. The first-order chi connectivity index (χ1) is 9.63. The van der Waals surface area contributed by atoms with Gasteiger partial charge >= 0.3 is 0 Å². The lowest BCUT2D eigenvalue weighted by Crippen LogP contribution is -2.29. The average Bonchev–Trinajstić information content (AvgIpc) is 2.91. The number of benzene rings is 1. The summed E-state index contributed by atoms with van der Waals surface area (Å²) in [6.45, 7) is 3.22. The van der Waals surface area contributed by atoms with Gasteiger partial charge in [-0.1, -0.05) is 36.3 Å². The number of hydrogen-bond donors (Lipinski definition) is 1. The number of hydrogen-bond acceptors (Lipinski definition) is 3. The standard InChI is InChI=1S/C17H22O3/c1-3-16(18)15(13-14-7-5-4-6-8-14)9-10-17(2)19-11-12-20-17/h1,4-8,15-16,18H,9-13H2,2H3. The van der Waals surface area contributed by atoms with Gasteiger partial charge in [-0.2, -0.15) is 0 Å². The van der Waals surface area contributed by atoms with E-state index in [1.165, 1.54) is 5.56 Å². The zero-order chi connectivity index (χ0) is 14.4. The van der Waals surface area contributed by atoms with Gasteiger partial charge in [-0.15, -0.1) is 6.42 Å². The molecule has 1 saturated heterocycles. The smallest absolute Gasteiger partial charge is 0.165 e. The molecule has 3 heteroatoms. The molecule has 1 N–H and O–H groups in total. The highest BCUT2D eigenvalue weighted by molar-refractivity contribution is 5.16. The van der Waals surface area contributed by atoms with E-state index in [2.05, 4.69) is 18.1 Å². The van der Waals surface area contributed by atoms with E-state index >= 15 is 0 Å². The molecule has 108 valence electrons. The minimum atomic E-state index is -0.736. The summed E-state index contributed by atoms with van der Waals surface area (Å²) in [7, 11) is 0. The van der Waals surface area contributed by atoms with Crippen molar-refractivity contribution < 1.29 is 14.6 Å². The molecule has 0 spiro atoms. The van der Waals surface area contributed by atoms with Crippen LogP contribution in [0.1, 0.15) is 25.3 Å². The van der Waals surface area contributed by atoms with Crippen molar-refractivity contribution in [3.05, 3.63) is 35.9 Å². The third-order valence-electron chi connectivity index (χ3n) is 3.83. The molecule has 1 aromatic rings. The summed E-state index contributed by atoms with van der Waals surface area (Å²) in [5, 5.41) is 10.0. The highest BCUT2D eigenvalue weighted by Gasteiger charge is 2.32. The summed E-state index contributed by atoms with van der Waals surface area (Å²) in [6, 6.07) is 10.1. The van der Waals surface area contributed by atoms with Crippen molar-refractivity contribution in [2.45, 2.75) is 38.1 Å². The minimum absolute atomic E-state index is 0.0204. The molecular weight excluding hydrogens is 252 g/mol. The summed E-state index contributed by atoms with van der Waals surface area (Å²) in [6.07, 6.45) is 6.92. The first kappa shape index (κ1) is 15.1. The predicted octanol–water partition coefficient (Wildman–Crippen LogP) is 2.38. The molecule has 0 bridgehead atoms. The molecule has 1 aromatic carbocycles. The van der Waals surface area contributed by atoms with E-state index in [1.54, 1.807) is 0 Å². The van der Waals surface area contributed by atoms with Gasteiger partial charge in [-0.25, -0.2) is 0 Å². The van der Waals surface area contributed by atoms with Crippen molar-refractivity contribution in [3.63, 3.8) is 0 Å². The zero-order valence-electron chi connectivity index (χ0n) is 11.9. The van der Waals surface area contributed by atoms with E-state index in [0.29, 0.717) is 13.2 Å². The normalized spacial score (nSPS) is 20.2. The Morgan fingerprint density at radius 2 is 1.95 bits per heavy atom. The number of rotatable bonds is 6. The van der Waals surface area contributed by atoms with E-state index in [4.69, 9.17) is 15.9 Å². The number of aliphatic hydroxyl groups excluding tert-OH is 1. The van der Waals surface area contributed by atoms with Crippen molar-refractivity contribution in [1.29, 1.82) is 0 Å². The van der Waals surface area contributed by atoms with Crippen LogP contribution in [0.25, 0.3) is 0 Å². The molecule has 0 aliphatic carbocycles. The van der Waals surface area contributed by atoms with Crippen LogP contribution in [0, 0.1) is 18.3 Å². The van der Waals surface area contributed by atoms with Crippen molar-refractivity contribution in [3.8, 4) is 12.3 Å². The van der Waals surface area contributed by atoms with E-state index in [1.807, 2.05) is 25.1 Å². The van der Waals surface area contributed by atoms with Crippen LogP contribution in [0.4, 0.5) is 0 Å². The third-order valence-corrected chi connectivity index (χ3v) is 3.83. The highest BCUT2D eigenvalue weighted by atomic mass is 16.7. The Labute approximate surface area is 120 Å². The summed E-state index contributed by atoms with van der Waals surface area (Å²) in [5.74, 6) is 1.94. The summed E-state index contributed by atoms with van der Waals surface area (Å²) >= 11 is 0. The lowest BCUT2D eigenvalue weighted by molar-refractivity contribution is -0.150. The fourth-order valence-corrected chi connectivity index (χ4v) is 2.57. The van der Waals surface area contributed by atoms with Gasteiger partial charge in [0.25, 0.3) is 0 Å². The second kappa shape index (κ2) is 6.90. The van der Waals surface area contributed by atoms with E-state index < -0.39 is 11.9 Å². The van der Waals surface area contributed by atoms with Crippen LogP contribution in [0.3, 0.4) is 0 Å². The van der Waals surface area contributed by atoms with Gasteiger partial charge in [0.15, 0.2) is 5.79 Å². The fraction of sp³-hybridized carbons (Fsp3) is 0.529. The minimum Gasteiger partial charge on any atom is -0.380 e. The summed E-state index contributed by atoms with van der Waals surface area (Å²) in [5.41, 5.74) is 1.19. The molecule has 2 rings (SSSR count). The van der Waals surface area contributed by atoms with Crippen LogP contribution in [0.2, 0.25) is 0 Å². The molecule has 0 radical (unpaired) electrons. The summed E-state index contributed by atoms with van der Waals surface area (Å²) < 4.78 is 11.2. The largest absolute Gasteiger partial charge is 0.380 e. The van der Waals surface area contributed by atoms with Crippen molar-refractivity contribution in [2.75, 3.05) is 13.2 Å². The maximum absolute atomic E-state index is 10.0. The highest BCUT2D eigenvalue weighted by Crippen LogP contribution is 2.28. The molecular formula is C17H22O3. The number of terminal acetylenes is 1. The monoisotopic (exact) mass is 274 g/mol. The molecule has 3 nitrogen and oxygen atoms in total. The van der Waals surface area contributed by atoms with Gasteiger partial charge in [0, 0.05) is 12.3 Å². The first-order valence-electron chi connectivity index (χ1n) is 7.09. The molecule has 0 amide bonds. The van der Waals surface area contributed by atoms with Gasteiger partial charge in [-0.3, -0.25) is 0 Å². The average molecular weight is 274 g/mol. The van der Waals surface area contributed by atoms with Crippen LogP contribution in [-0.4, -0.2) is 30.2 Å². The number of ether oxygens (including phenoxy) is 2. The second-order valence-electron chi connectivity index (χ2n) is 5.43. The fourth-order valence-electron chi connectivity index (χ4n) is 2.57. The maximum Gasteiger partial charge on any atom is 0.165 e. The summed E-state index contributed by atoms with van der Waals surface area (Å²) in [4.78, 5) is 0. The lowest BCUT2D eigenvalue weighted by Gasteiger charge is -2.26. The Bertz CT molecular complexity index is 443. The lowest BCUT2D eigenvalue weighted by atomic mass is 9.88. The molecule has 0 saturated carbocycles. The van der Waals surface area contributed by atoms with Gasteiger partial charge in [0.05, 0.1) is 13.2 Å². The van der Waals surface area contributed by atoms with E-state index in [-0.39, 0.29) is 5.92 Å². The Morgan fingerprint density at radius 1 is 1.30 bits per heavy atom. The Balaban J connectivity index is 1.95. The Morgan fingerprint density at radius 3 is 2.55 bits per heavy atom. The van der Waals surface area contributed by atoms with Crippen molar-refractivity contribution in [1.82, 2.24) is 0 Å². The van der Waals surface area contributed by atoms with E-state index in [0.717, 1.165) is 19.3 Å². The number of aliphatic hydroxyl groups is 1. The third kappa shape index (κ3) is 4.08. The van der Waals surface area contributed by atoms with E-state index in [9.17, 15) is 5.11 Å². The van der Waals surface area contributed by atoms with Crippen molar-refractivity contribution >= 4 is 0 Å². The Kier molecular flexibility index (Phi) is 5.19. The SMILES string of the molecule is C#CC(O)C(CCC1(C)OCCO1)Cc1ccccc1. The topological polar surface area (TPSA) is 38.7 Å². The molecule has 1 heterocycles. The van der Waals surface area contributed by atoms with Crippen LogP contribution in [0.15, 0.2) is 30.3 Å².